The quantitative estimate of drug-likeness (QED) is 0.901. The largest absolute Gasteiger partial charge is 0.393 e. The fraction of sp³-hybridized carbons (Fsp3) is 0.533. The molecule has 2 N–H and O–H groups in total. The van der Waals surface area contributed by atoms with E-state index in [-0.39, 0.29) is 18.1 Å². The number of rotatable bonds is 3. The molecular formula is C15H21ClN2O2. The molecule has 1 amide bonds. The number of hydrogen-bond acceptors (Lipinski definition) is 3. The van der Waals surface area contributed by atoms with Crippen molar-refractivity contribution >= 4 is 23.2 Å². The minimum Gasteiger partial charge on any atom is -0.393 e. The number of aryl methyl sites for hydroxylation is 1. The smallest absolute Gasteiger partial charge is 0.241 e. The van der Waals surface area contributed by atoms with Crippen LogP contribution in [0.5, 0.6) is 0 Å². The van der Waals surface area contributed by atoms with E-state index < -0.39 is 0 Å². The van der Waals surface area contributed by atoms with Gasteiger partial charge in [0.2, 0.25) is 5.91 Å². The Morgan fingerprint density at radius 2 is 2.10 bits per heavy atom. The lowest BCUT2D eigenvalue weighted by atomic mass is 10.1. The summed E-state index contributed by atoms with van der Waals surface area (Å²) in [6, 6.07) is 5.23. The van der Waals surface area contributed by atoms with E-state index in [1.54, 1.807) is 6.07 Å². The van der Waals surface area contributed by atoms with Gasteiger partial charge in [-0.3, -0.25) is 9.69 Å². The number of aliphatic hydroxyl groups is 1. The van der Waals surface area contributed by atoms with Gasteiger partial charge >= 0.3 is 0 Å². The second-order valence-corrected chi connectivity index (χ2v) is 5.83. The van der Waals surface area contributed by atoms with Crippen LogP contribution in [-0.4, -0.2) is 41.1 Å². The molecule has 1 aliphatic rings. The number of hydrogen-bond donors (Lipinski definition) is 2. The average molecular weight is 297 g/mol. The normalized spacial score (nSPS) is 18.8. The van der Waals surface area contributed by atoms with E-state index in [2.05, 4.69) is 10.2 Å². The van der Waals surface area contributed by atoms with Crippen molar-refractivity contribution in [3.63, 3.8) is 0 Å². The zero-order valence-corrected chi connectivity index (χ0v) is 12.7. The van der Waals surface area contributed by atoms with Gasteiger partial charge in [0, 0.05) is 23.8 Å². The molecule has 0 bridgehead atoms. The summed E-state index contributed by atoms with van der Waals surface area (Å²) in [6.45, 7) is 5.34. The molecular weight excluding hydrogens is 276 g/mol. The SMILES string of the molecule is Cc1cc(Cl)ccc1NC(=O)C(C)N1CCC(O)CC1. The minimum atomic E-state index is -0.222. The van der Waals surface area contributed by atoms with E-state index in [0.717, 1.165) is 37.2 Å². The summed E-state index contributed by atoms with van der Waals surface area (Å²) < 4.78 is 0. The minimum absolute atomic E-state index is 0.0215. The second-order valence-electron chi connectivity index (χ2n) is 5.39. The van der Waals surface area contributed by atoms with E-state index in [1.165, 1.54) is 0 Å². The Kier molecular flexibility index (Phi) is 5.02. The van der Waals surface area contributed by atoms with E-state index in [4.69, 9.17) is 11.6 Å². The van der Waals surface area contributed by atoms with Gasteiger partial charge in [0.15, 0.2) is 0 Å². The first kappa shape index (κ1) is 15.3. The van der Waals surface area contributed by atoms with E-state index in [0.29, 0.717) is 5.02 Å². The van der Waals surface area contributed by atoms with Crippen molar-refractivity contribution in [2.24, 2.45) is 0 Å². The standard InChI is InChI=1S/C15H21ClN2O2/c1-10-9-12(16)3-4-14(10)17-15(20)11(2)18-7-5-13(19)6-8-18/h3-4,9,11,13,19H,5-8H2,1-2H3,(H,17,20). The van der Waals surface area contributed by atoms with Crippen molar-refractivity contribution in [1.29, 1.82) is 0 Å². The molecule has 1 aliphatic heterocycles. The topological polar surface area (TPSA) is 52.6 Å². The van der Waals surface area contributed by atoms with Crippen molar-refractivity contribution in [3.05, 3.63) is 28.8 Å². The van der Waals surface area contributed by atoms with Gasteiger partial charge in [-0.2, -0.15) is 0 Å². The Morgan fingerprint density at radius 3 is 2.70 bits per heavy atom. The molecule has 1 heterocycles. The van der Waals surface area contributed by atoms with Gasteiger partial charge in [-0.05, 0) is 50.5 Å². The molecule has 20 heavy (non-hydrogen) atoms. The maximum Gasteiger partial charge on any atom is 0.241 e. The van der Waals surface area contributed by atoms with Gasteiger partial charge in [-0.25, -0.2) is 0 Å². The molecule has 4 nitrogen and oxygen atoms in total. The lowest BCUT2D eigenvalue weighted by molar-refractivity contribution is -0.121. The summed E-state index contributed by atoms with van der Waals surface area (Å²) in [7, 11) is 0. The van der Waals surface area contributed by atoms with Crippen LogP contribution in [0.15, 0.2) is 18.2 Å². The van der Waals surface area contributed by atoms with Gasteiger partial charge in [-0.15, -0.1) is 0 Å². The summed E-state index contributed by atoms with van der Waals surface area (Å²) in [6.07, 6.45) is 1.25. The fourth-order valence-electron chi connectivity index (χ4n) is 2.44. The predicted molar refractivity (Wildman–Crippen MR) is 81.1 cm³/mol. The fourth-order valence-corrected chi connectivity index (χ4v) is 2.67. The highest BCUT2D eigenvalue weighted by molar-refractivity contribution is 6.30. The molecule has 1 aromatic carbocycles. The lowest BCUT2D eigenvalue weighted by Gasteiger charge is -2.33. The molecule has 0 spiro atoms. The number of nitrogens with zero attached hydrogens (tertiary/aromatic N) is 1. The van der Waals surface area contributed by atoms with Gasteiger partial charge in [-0.1, -0.05) is 11.6 Å². The second kappa shape index (κ2) is 6.57. The molecule has 1 saturated heterocycles. The molecule has 2 rings (SSSR count). The molecule has 0 aromatic heterocycles. The van der Waals surface area contributed by atoms with Gasteiger partial charge in [0.05, 0.1) is 12.1 Å². The van der Waals surface area contributed by atoms with Crippen LogP contribution in [0.25, 0.3) is 0 Å². The van der Waals surface area contributed by atoms with Crippen LogP contribution < -0.4 is 5.32 Å². The first-order chi connectivity index (χ1) is 9.47. The first-order valence-corrected chi connectivity index (χ1v) is 7.34. The summed E-state index contributed by atoms with van der Waals surface area (Å²) in [5.41, 5.74) is 1.75. The van der Waals surface area contributed by atoms with Gasteiger partial charge < -0.3 is 10.4 Å². The zero-order valence-electron chi connectivity index (χ0n) is 11.9. The molecule has 0 aliphatic carbocycles. The third-order valence-electron chi connectivity index (χ3n) is 3.87. The number of likely N-dealkylation sites (tertiary alicyclic amines) is 1. The van der Waals surface area contributed by atoms with Crippen molar-refractivity contribution in [2.45, 2.75) is 38.8 Å². The molecule has 1 atom stereocenters. The third kappa shape index (κ3) is 3.72. The maximum atomic E-state index is 12.3. The number of halogens is 1. The van der Waals surface area contributed by atoms with Crippen molar-refractivity contribution in [3.8, 4) is 0 Å². The highest BCUT2D eigenvalue weighted by atomic mass is 35.5. The zero-order chi connectivity index (χ0) is 14.7. The Bertz CT molecular complexity index is 485. The van der Waals surface area contributed by atoms with E-state index in [1.807, 2.05) is 26.0 Å². The predicted octanol–water partition coefficient (Wildman–Crippen LogP) is 2.43. The number of amides is 1. The van der Waals surface area contributed by atoms with Crippen molar-refractivity contribution in [1.82, 2.24) is 4.90 Å². The highest BCUT2D eigenvalue weighted by Crippen LogP contribution is 2.20. The van der Waals surface area contributed by atoms with Crippen LogP contribution in [0.4, 0.5) is 5.69 Å². The van der Waals surface area contributed by atoms with Crippen LogP contribution in [0.3, 0.4) is 0 Å². The summed E-state index contributed by atoms with van der Waals surface area (Å²) >= 11 is 5.91. The van der Waals surface area contributed by atoms with E-state index >= 15 is 0 Å². The van der Waals surface area contributed by atoms with Crippen LogP contribution in [0.1, 0.15) is 25.3 Å². The number of benzene rings is 1. The van der Waals surface area contributed by atoms with Gasteiger partial charge in [0.25, 0.3) is 0 Å². The Hall–Kier alpha value is -1.10. The van der Waals surface area contributed by atoms with Crippen LogP contribution in [0, 0.1) is 6.92 Å². The van der Waals surface area contributed by atoms with Crippen LogP contribution in [-0.2, 0) is 4.79 Å². The maximum absolute atomic E-state index is 12.3. The first-order valence-electron chi connectivity index (χ1n) is 6.96. The lowest BCUT2D eigenvalue weighted by Crippen LogP contribution is -2.47. The summed E-state index contributed by atoms with van der Waals surface area (Å²) in [5, 5.41) is 13.1. The van der Waals surface area contributed by atoms with Crippen molar-refractivity contribution < 1.29 is 9.90 Å². The Morgan fingerprint density at radius 1 is 1.45 bits per heavy atom. The molecule has 1 aromatic rings. The molecule has 110 valence electrons. The molecule has 1 unspecified atom stereocenters. The molecule has 0 saturated carbocycles. The van der Waals surface area contributed by atoms with Crippen molar-refractivity contribution in [2.75, 3.05) is 18.4 Å². The number of piperidine rings is 1. The van der Waals surface area contributed by atoms with Gasteiger partial charge in [0.1, 0.15) is 0 Å². The van der Waals surface area contributed by atoms with Crippen LogP contribution >= 0.6 is 11.6 Å². The number of carbonyl (C=O) groups is 1. The molecule has 0 radical (unpaired) electrons. The average Bonchev–Trinajstić information content (AvgIpc) is 2.42. The Balaban J connectivity index is 1.97. The molecule has 1 fully saturated rings. The van der Waals surface area contributed by atoms with E-state index in [9.17, 15) is 9.90 Å². The molecule has 5 heteroatoms. The number of carbonyl (C=O) groups excluding carboxylic acids is 1. The monoisotopic (exact) mass is 296 g/mol. The highest BCUT2D eigenvalue weighted by Gasteiger charge is 2.25. The summed E-state index contributed by atoms with van der Waals surface area (Å²) in [4.78, 5) is 14.4. The van der Waals surface area contributed by atoms with Crippen LogP contribution in [0.2, 0.25) is 5.02 Å². The number of anilines is 1. The number of nitrogens with one attached hydrogen (secondary N) is 1. The number of aliphatic hydroxyl groups excluding tert-OH is 1. The summed E-state index contributed by atoms with van der Waals surface area (Å²) in [5.74, 6) is -0.0215. The third-order valence-corrected chi connectivity index (χ3v) is 4.11. The Labute approximate surface area is 124 Å².